The smallest absolute Gasteiger partial charge is 0.165 e. The average molecular weight is 356 g/mol. The van der Waals surface area contributed by atoms with Crippen LogP contribution in [-0.4, -0.2) is 36.9 Å². The molecular formula is C23H33NO2. The summed E-state index contributed by atoms with van der Waals surface area (Å²) in [6.45, 7) is 6.34. The second-order valence-corrected chi connectivity index (χ2v) is 9.03. The Kier molecular flexibility index (Phi) is 5.09. The number of carbonyl (C=O) groups is 1. The number of ketones is 1. The number of nitrogens with zero attached hydrogens (tertiary/aromatic N) is 1. The van der Waals surface area contributed by atoms with Crippen molar-refractivity contribution in [2.75, 3.05) is 20.2 Å². The molecule has 3 aliphatic rings. The minimum absolute atomic E-state index is 0.0379. The van der Waals surface area contributed by atoms with E-state index in [4.69, 9.17) is 4.74 Å². The van der Waals surface area contributed by atoms with Crippen LogP contribution in [0.1, 0.15) is 74.2 Å². The first-order valence-corrected chi connectivity index (χ1v) is 10.5. The first kappa shape index (κ1) is 18.0. The SMILES string of the molecule is COc1ccc(C(=O)C(C)C)cc1C1CCN([C@@H]2C[C@@H]3CC[C@H]2C3)CC1. The third-order valence-electron chi connectivity index (χ3n) is 7.18. The van der Waals surface area contributed by atoms with E-state index >= 15 is 0 Å². The zero-order valence-electron chi connectivity index (χ0n) is 16.5. The maximum Gasteiger partial charge on any atom is 0.165 e. The Morgan fingerprint density at radius 2 is 1.88 bits per heavy atom. The standard InChI is InChI=1S/C23H33NO2/c1-15(2)23(25)19-6-7-22(26-3)20(14-19)17-8-10-24(11-9-17)21-13-16-4-5-18(21)12-16/h6-7,14-18,21H,4-5,8-13H2,1-3H3/t16-,18+,21-/m1/s1. The molecule has 2 aliphatic carbocycles. The van der Waals surface area contributed by atoms with Crippen molar-refractivity contribution in [2.24, 2.45) is 17.8 Å². The molecule has 2 bridgehead atoms. The highest BCUT2D eigenvalue weighted by Gasteiger charge is 2.43. The molecule has 0 radical (unpaired) electrons. The van der Waals surface area contributed by atoms with Crippen molar-refractivity contribution >= 4 is 5.78 Å². The van der Waals surface area contributed by atoms with Crippen LogP contribution in [0.15, 0.2) is 18.2 Å². The van der Waals surface area contributed by atoms with Gasteiger partial charge in [-0.1, -0.05) is 20.3 Å². The summed E-state index contributed by atoms with van der Waals surface area (Å²) in [4.78, 5) is 15.2. The summed E-state index contributed by atoms with van der Waals surface area (Å²) in [6.07, 6.45) is 8.23. The summed E-state index contributed by atoms with van der Waals surface area (Å²) in [5.74, 6) is 3.72. The van der Waals surface area contributed by atoms with Gasteiger partial charge in [-0.15, -0.1) is 0 Å². The second kappa shape index (κ2) is 7.34. The molecule has 0 unspecified atom stereocenters. The summed E-state index contributed by atoms with van der Waals surface area (Å²) in [5, 5.41) is 0. The monoisotopic (exact) mass is 355 g/mol. The van der Waals surface area contributed by atoms with Gasteiger partial charge in [0.2, 0.25) is 0 Å². The summed E-state index contributed by atoms with van der Waals surface area (Å²) in [6, 6.07) is 6.88. The van der Waals surface area contributed by atoms with Gasteiger partial charge in [0, 0.05) is 17.5 Å². The van der Waals surface area contributed by atoms with Gasteiger partial charge in [-0.25, -0.2) is 0 Å². The summed E-state index contributed by atoms with van der Waals surface area (Å²) < 4.78 is 5.64. The van der Waals surface area contributed by atoms with Gasteiger partial charge in [0.05, 0.1) is 7.11 Å². The van der Waals surface area contributed by atoms with Crippen LogP contribution in [0, 0.1) is 17.8 Å². The van der Waals surface area contributed by atoms with E-state index < -0.39 is 0 Å². The van der Waals surface area contributed by atoms with Gasteiger partial charge in [-0.2, -0.15) is 0 Å². The fourth-order valence-corrected chi connectivity index (χ4v) is 5.74. The predicted octanol–water partition coefficient (Wildman–Crippen LogP) is 4.90. The molecule has 0 aromatic heterocycles. The molecule has 1 aliphatic heterocycles. The Hall–Kier alpha value is -1.35. The Labute approximate surface area is 158 Å². The molecule has 0 spiro atoms. The predicted molar refractivity (Wildman–Crippen MR) is 105 cm³/mol. The molecule has 3 heteroatoms. The van der Waals surface area contributed by atoms with Crippen molar-refractivity contribution in [3.63, 3.8) is 0 Å². The van der Waals surface area contributed by atoms with E-state index in [0.29, 0.717) is 5.92 Å². The number of likely N-dealkylation sites (tertiary alicyclic amines) is 1. The molecular weight excluding hydrogens is 322 g/mol. The van der Waals surface area contributed by atoms with E-state index in [1.807, 2.05) is 26.0 Å². The van der Waals surface area contributed by atoms with Crippen molar-refractivity contribution < 1.29 is 9.53 Å². The minimum Gasteiger partial charge on any atom is -0.496 e. The van der Waals surface area contributed by atoms with Crippen LogP contribution in [0.3, 0.4) is 0 Å². The first-order chi connectivity index (χ1) is 12.6. The Morgan fingerprint density at radius 1 is 1.12 bits per heavy atom. The number of Topliss-reactive ketones (excluding diaryl/α,β-unsaturated/α-hetero) is 1. The zero-order valence-corrected chi connectivity index (χ0v) is 16.5. The Morgan fingerprint density at radius 3 is 2.46 bits per heavy atom. The number of hydrogen-bond acceptors (Lipinski definition) is 3. The third kappa shape index (κ3) is 3.31. The lowest BCUT2D eigenvalue weighted by Gasteiger charge is -2.40. The van der Waals surface area contributed by atoms with Gasteiger partial charge in [-0.05, 0) is 86.7 Å². The maximum atomic E-state index is 12.4. The quantitative estimate of drug-likeness (QED) is 0.704. The van der Waals surface area contributed by atoms with Crippen LogP contribution in [0.2, 0.25) is 0 Å². The zero-order chi connectivity index (χ0) is 18.3. The molecule has 1 aromatic rings. The molecule has 0 amide bonds. The summed E-state index contributed by atoms with van der Waals surface area (Å²) in [5.41, 5.74) is 2.08. The lowest BCUT2D eigenvalue weighted by Crippen LogP contribution is -2.43. The molecule has 0 N–H and O–H groups in total. The van der Waals surface area contributed by atoms with Crippen LogP contribution >= 0.6 is 0 Å². The fourth-order valence-electron chi connectivity index (χ4n) is 5.74. The van der Waals surface area contributed by atoms with Gasteiger partial charge in [0.15, 0.2) is 5.78 Å². The molecule has 2 saturated carbocycles. The van der Waals surface area contributed by atoms with Gasteiger partial charge in [-0.3, -0.25) is 4.79 Å². The molecule has 1 heterocycles. The molecule has 3 nitrogen and oxygen atoms in total. The number of ether oxygens (including phenoxy) is 1. The molecule has 4 rings (SSSR count). The lowest BCUT2D eigenvalue weighted by molar-refractivity contribution is 0.0939. The van der Waals surface area contributed by atoms with Crippen LogP contribution in [0.25, 0.3) is 0 Å². The van der Waals surface area contributed by atoms with Crippen molar-refractivity contribution in [2.45, 2.75) is 64.3 Å². The lowest BCUT2D eigenvalue weighted by atomic mass is 9.85. The largest absolute Gasteiger partial charge is 0.496 e. The number of fused-ring (bicyclic) bond motifs is 2. The maximum absolute atomic E-state index is 12.4. The molecule has 1 aromatic carbocycles. The first-order valence-electron chi connectivity index (χ1n) is 10.5. The molecule has 1 saturated heterocycles. The number of methoxy groups -OCH3 is 1. The van der Waals surface area contributed by atoms with Crippen molar-refractivity contribution in [1.82, 2.24) is 4.90 Å². The van der Waals surface area contributed by atoms with Gasteiger partial charge < -0.3 is 9.64 Å². The number of piperidine rings is 1. The fraction of sp³-hybridized carbons (Fsp3) is 0.696. The van der Waals surface area contributed by atoms with Crippen LogP contribution < -0.4 is 4.74 Å². The van der Waals surface area contributed by atoms with Gasteiger partial charge in [0.25, 0.3) is 0 Å². The summed E-state index contributed by atoms with van der Waals surface area (Å²) >= 11 is 0. The van der Waals surface area contributed by atoms with Crippen LogP contribution in [0.4, 0.5) is 0 Å². The number of benzene rings is 1. The van der Waals surface area contributed by atoms with E-state index in [9.17, 15) is 4.79 Å². The van der Waals surface area contributed by atoms with E-state index in [2.05, 4.69) is 11.0 Å². The molecule has 26 heavy (non-hydrogen) atoms. The van der Waals surface area contributed by atoms with Crippen molar-refractivity contribution in [3.05, 3.63) is 29.3 Å². The van der Waals surface area contributed by atoms with Crippen molar-refractivity contribution in [3.8, 4) is 5.75 Å². The normalized spacial score (nSPS) is 29.5. The van der Waals surface area contributed by atoms with E-state index in [1.165, 1.54) is 57.2 Å². The van der Waals surface area contributed by atoms with Crippen LogP contribution in [-0.2, 0) is 0 Å². The van der Waals surface area contributed by atoms with E-state index in [0.717, 1.165) is 29.2 Å². The minimum atomic E-state index is 0.0379. The van der Waals surface area contributed by atoms with Gasteiger partial charge >= 0.3 is 0 Å². The van der Waals surface area contributed by atoms with Crippen molar-refractivity contribution in [1.29, 1.82) is 0 Å². The van der Waals surface area contributed by atoms with E-state index in [-0.39, 0.29) is 11.7 Å². The number of rotatable bonds is 5. The summed E-state index contributed by atoms with van der Waals surface area (Å²) in [7, 11) is 1.74. The topological polar surface area (TPSA) is 29.5 Å². The third-order valence-corrected chi connectivity index (χ3v) is 7.18. The number of carbonyl (C=O) groups excluding carboxylic acids is 1. The highest BCUT2D eigenvalue weighted by Crippen LogP contribution is 2.48. The van der Waals surface area contributed by atoms with Gasteiger partial charge in [0.1, 0.15) is 5.75 Å². The highest BCUT2D eigenvalue weighted by molar-refractivity contribution is 5.97. The number of hydrogen-bond donors (Lipinski definition) is 0. The molecule has 3 fully saturated rings. The average Bonchev–Trinajstić information content (AvgIpc) is 3.30. The molecule has 3 atom stereocenters. The molecule has 142 valence electrons. The second-order valence-electron chi connectivity index (χ2n) is 9.03. The Balaban J connectivity index is 1.46. The Bertz CT molecular complexity index is 660. The van der Waals surface area contributed by atoms with E-state index in [1.54, 1.807) is 7.11 Å². The van der Waals surface area contributed by atoms with Crippen LogP contribution in [0.5, 0.6) is 5.75 Å². The highest BCUT2D eigenvalue weighted by atomic mass is 16.5.